The lowest BCUT2D eigenvalue weighted by Gasteiger charge is -2.37. The maximum absolute atomic E-state index is 13.8. The predicted molar refractivity (Wildman–Crippen MR) is 149 cm³/mol. The summed E-state index contributed by atoms with van der Waals surface area (Å²) in [4.78, 5) is 28.9. The summed E-state index contributed by atoms with van der Waals surface area (Å²) in [5.74, 6) is 0.119. The van der Waals surface area contributed by atoms with Gasteiger partial charge in [-0.1, -0.05) is 56.3 Å². The maximum atomic E-state index is 13.8. The van der Waals surface area contributed by atoms with Crippen LogP contribution in [0.3, 0.4) is 0 Å². The van der Waals surface area contributed by atoms with Crippen LogP contribution in [0.5, 0.6) is 11.5 Å². The van der Waals surface area contributed by atoms with Crippen LogP contribution in [0.15, 0.2) is 78.0 Å². The van der Waals surface area contributed by atoms with E-state index in [-0.39, 0.29) is 23.4 Å². The van der Waals surface area contributed by atoms with E-state index in [1.54, 1.807) is 18.2 Å². The number of fused-ring (bicyclic) bond motifs is 1. The summed E-state index contributed by atoms with van der Waals surface area (Å²) in [5, 5.41) is 23.6. The van der Waals surface area contributed by atoms with Crippen molar-refractivity contribution in [2.24, 2.45) is 5.41 Å². The average Bonchev–Trinajstić information content (AvgIpc) is 3.03. The van der Waals surface area contributed by atoms with E-state index in [1.807, 2.05) is 75.4 Å². The number of hydrogen-bond acceptors (Lipinski definition) is 6. The van der Waals surface area contributed by atoms with Gasteiger partial charge in [0.05, 0.1) is 17.8 Å². The highest BCUT2D eigenvalue weighted by atomic mass is 16.5. The van der Waals surface area contributed by atoms with Crippen LogP contribution < -0.4 is 15.0 Å². The van der Waals surface area contributed by atoms with Crippen molar-refractivity contribution >= 4 is 23.1 Å². The lowest BCUT2D eigenvalue weighted by Crippen LogP contribution is -2.39. The quantitative estimate of drug-likeness (QED) is 0.380. The summed E-state index contributed by atoms with van der Waals surface area (Å²) in [5.41, 5.74) is 4.28. The smallest absolute Gasteiger partial charge is 0.242 e. The molecule has 3 aromatic carbocycles. The van der Waals surface area contributed by atoms with E-state index in [2.05, 4.69) is 5.32 Å². The van der Waals surface area contributed by atoms with Crippen molar-refractivity contribution in [1.29, 1.82) is 5.26 Å². The van der Waals surface area contributed by atoms with Crippen molar-refractivity contribution in [3.8, 4) is 17.6 Å². The predicted octanol–water partition coefficient (Wildman–Crippen LogP) is 6.34. The normalized spacial score (nSPS) is 17.8. The minimum Gasteiger partial charge on any atom is -0.506 e. The summed E-state index contributed by atoms with van der Waals surface area (Å²) in [6.45, 7) is 6.40. The number of anilines is 2. The van der Waals surface area contributed by atoms with E-state index in [0.29, 0.717) is 47.8 Å². The zero-order chi connectivity index (χ0) is 27.7. The fourth-order valence-corrected chi connectivity index (χ4v) is 5.55. The number of aryl methyl sites for hydroxylation is 1. The highest BCUT2D eigenvalue weighted by molar-refractivity contribution is 6.07. The fraction of sp³-hybridized carbons (Fsp3) is 0.281. The van der Waals surface area contributed by atoms with Gasteiger partial charge in [0.2, 0.25) is 5.91 Å². The van der Waals surface area contributed by atoms with Crippen molar-refractivity contribution in [3.05, 3.63) is 94.7 Å². The molecule has 7 heteroatoms. The van der Waals surface area contributed by atoms with E-state index in [9.17, 15) is 20.0 Å². The third kappa shape index (κ3) is 5.10. The number of nitriles is 1. The van der Waals surface area contributed by atoms with Crippen molar-refractivity contribution in [2.75, 3.05) is 10.2 Å². The molecule has 1 aliphatic heterocycles. The fourth-order valence-electron chi connectivity index (χ4n) is 5.55. The lowest BCUT2D eigenvalue weighted by atomic mass is 9.73. The first-order valence-corrected chi connectivity index (χ1v) is 13.0. The Labute approximate surface area is 228 Å². The maximum Gasteiger partial charge on any atom is 0.242 e. The summed E-state index contributed by atoms with van der Waals surface area (Å²) < 4.78 is 6.03. The van der Waals surface area contributed by atoms with E-state index in [0.717, 1.165) is 16.7 Å². The number of phenols is 1. The number of benzene rings is 3. The standard InChI is InChI=1S/C32H31N3O4/c1-20-16-22(39-19-21-8-5-4-6-9-21)12-13-23(20)31-29-24(17-32(2,3)18-27(29)37)34-30-25(10-7-11-26(30)36)35(31)28(38)14-15-33/h4-13,16,31,34,36H,14,17-19H2,1-3H3. The molecule has 198 valence electrons. The highest BCUT2D eigenvalue weighted by Gasteiger charge is 2.44. The molecule has 2 N–H and O–H groups in total. The first kappa shape index (κ1) is 26.1. The Balaban J connectivity index is 1.65. The second kappa shape index (κ2) is 10.3. The van der Waals surface area contributed by atoms with Crippen molar-refractivity contribution in [1.82, 2.24) is 0 Å². The number of amides is 1. The van der Waals surface area contributed by atoms with Crippen LogP contribution in [-0.4, -0.2) is 16.8 Å². The molecule has 2 aliphatic rings. The molecule has 0 saturated carbocycles. The number of carbonyl (C=O) groups excluding carboxylic acids is 2. The van der Waals surface area contributed by atoms with Gasteiger partial charge in [0.1, 0.15) is 30.2 Å². The second-order valence-electron chi connectivity index (χ2n) is 10.9. The minimum atomic E-state index is -0.775. The Morgan fingerprint density at radius 1 is 1.13 bits per heavy atom. The van der Waals surface area contributed by atoms with Gasteiger partial charge in [-0.15, -0.1) is 0 Å². The Morgan fingerprint density at radius 2 is 1.90 bits per heavy atom. The van der Waals surface area contributed by atoms with E-state index < -0.39 is 11.9 Å². The number of phenolic OH excluding ortho intramolecular Hbond substituents is 1. The van der Waals surface area contributed by atoms with E-state index in [4.69, 9.17) is 4.74 Å². The molecule has 3 aromatic rings. The molecular formula is C32H31N3O4. The Hall–Kier alpha value is -4.57. The number of ketones is 1. The molecule has 0 saturated heterocycles. The number of ether oxygens (including phenoxy) is 1. The molecule has 39 heavy (non-hydrogen) atoms. The Bertz CT molecular complexity index is 1520. The van der Waals surface area contributed by atoms with Crippen LogP contribution in [0.1, 0.15) is 55.8 Å². The van der Waals surface area contributed by atoms with Crippen LogP contribution in [0.2, 0.25) is 0 Å². The van der Waals surface area contributed by atoms with Crippen LogP contribution in [-0.2, 0) is 16.2 Å². The number of allylic oxidation sites excluding steroid dienone is 1. The Morgan fingerprint density at radius 3 is 2.62 bits per heavy atom. The lowest BCUT2D eigenvalue weighted by molar-refractivity contribution is -0.119. The molecule has 0 fully saturated rings. The molecule has 0 aromatic heterocycles. The van der Waals surface area contributed by atoms with Gasteiger partial charge in [0, 0.05) is 17.7 Å². The van der Waals surface area contributed by atoms with E-state index in [1.165, 1.54) is 4.90 Å². The van der Waals surface area contributed by atoms with Gasteiger partial charge < -0.3 is 15.2 Å². The molecule has 0 spiro atoms. The molecule has 0 bridgehead atoms. The van der Waals surface area contributed by atoms with Gasteiger partial charge in [0.15, 0.2) is 5.78 Å². The van der Waals surface area contributed by atoms with Gasteiger partial charge >= 0.3 is 0 Å². The molecular weight excluding hydrogens is 490 g/mol. The second-order valence-corrected chi connectivity index (χ2v) is 10.9. The number of nitrogens with zero attached hydrogens (tertiary/aromatic N) is 2. The molecule has 7 nitrogen and oxygen atoms in total. The summed E-state index contributed by atoms with van der Waals surface area (Å²) in [6, 6.07) is 21.6. The first-order valence-electron chi connectivity index (χ1n) is 13.0. The SMILES string of the molecule is Cc1cc(OCc2ccccc2)ccc1C1C2=C(CC(C)(C)CC2=O)Nc2c(O)cccc2N1C(=O)CC#N. The first-order chi connectivity index (χ1) is 18.7. The van der Waals surface area contributed by atoms with Gasteiger partial charge in [-0.2, -0.15) is 5.26 Å². The number of Topliss-reactive ketones (excluding diaryl/α,β-unsaturated/α-hetero) is 1. The topological polar surface area (TPSA) is 103 Å². The number of nitrogens with one attached hydrogen (secondary N) is 1. The monoisotopic (exact) mass is 521 g/mol. The van der Waals surface area contributed by atoms with Crippen molar-refractivity contribution < 1.29 is 19.4 Å². The number of hydrogen-bond donors (Lipinski definition) is 2. The van der Waals surface area contributed by atoms with Gasteiger partial charge in [-0.05, 0) is 59.7 Å². The zero-order valence-electron chi connectivity index (χ0n) is 22.3. The summed E-state index contributed by atoms with van der Waals surface area (Å²) in [6.07, 6.45) is 0.519. The number of carbonyl (C=O) groups is 2. The zero-order valence-corrected chi connectivity index (χ0v) is 22.3. The molecule has 1 atom stereocenters. The molecule has 0 radical (unpaired) electrons. The van der Waals surface area contributed by atoms with Gasteiger partial charge in [-0.3, -0.25) is 14.5 Å². The third-order valence-electron chi connectivity index (χ3n) is 7.29. The van der Waals surface area contributed by atoms with Crippen LogP contribution in [0.4, 0.5) is 11.4 Å². The molecule has 1 heterocycles. The van der Waals surface area contributed by atoms with Crippen LogP contribution in [0.25, 0.3) is 0 Å². The number of para-hydroxylation sites is 1. The van der Waals surface area contributed by atoms with Crippen molar-refractivity contribution in [3.63, 3.8) is 0 Å². The van der Waals surface area contributed by atoms with Crippen molar-refractivity contribution in [2.45, 2.75) is 52.7 Å². The van der Waals surface area contributed by atoms with Crippen LogP contribution >= 0.6 is 0 Å². The molecule has 1 amide bonds. The third-order valence-corrected chi connectivity index (χ3v) is 7.29. The van der Waals surface area contributed by atoms with Crippen LogP contribution in [0, 0.1) is 23.7 Å². The molecule has 5 rings (SSSR count). The number of rotatable bonds is 5. The summed E-state index contributed by atoms with van der Waals surface area (Å²) in [7, 11) is 0. The van der Waals surface area contributed by atoms with E-state index >= 15 is 0 Å². The Kier molecular flexibility index (Phi) is 6.88. The summed E-state index contributed by atoms with van der Waals surface area (Å²) >= 11 is 0. The largest absolute Gasteiger partial charge is 0.506 e. The number of aromatic hydroxyl groups is 1. The minimum absolute atomic E-state index is 0.0352. The highest BCUT2D eigenvalue weighted by Crippen LogP contribution is 2.51. The molecule has 1 unspecified atom stereocenters. The average molecular weight is 522 g/mol. The van der Waals surface area contributed by atoms with Gasteiger partial charge in [0.25, 0.3) is 0 Å². The molecule has 1 aliphatic carbocycles. The van der Waals surface area contributed by atoms with Gasteiger partial charge in [-0.25, -0.2) is 0 Å².